The molecule has 0 bridgehead atoms. The summed E-state index contributed by atoms with van der Waals surface area (Å²) in [6.45, 7) is 1.72. The Labute approximate surface area is 119 Å². The van der Waals surface area contributed by atoms with Gasteiger partial charge in [0, 0.05) is 19.1 Å². The minimum absolute atomic E-state index is 0.344. The molecule has 2 aliphatic rings. The van der Waals surface area contributed by atoms with E-state index in [1.54, 1.807) is 0 Å². The Bertz CT molecular complexity index is 612. The Hall–Kier alpha value is -1.64. The van der Waals surface area contributed by atoms with Crippen molar-refractivity contribution in [1.29, 1.82) is 0 Å². The van der Waals surface area contributed by atoms with Gasteiger partial charge in [-0.2, -0.15) is 0 Å². The van der Waals surface area contributed by atoms with Crippen LogP contribution in [0.25, 0.3) is 0 Å². The lowest BCUT2D eigenvalue weighted by molar-refractivity contribution is 0.0675. The van der Waals surface area contributed by atoms with Crippen LogP contribution < -0.4 is 0 Å². The molecular formula is C18H19NO. The molecule has 1 aliphatic carbocycles. The first-order valence-corrected chi connectivity index (χ1v) is 7.38. The molecule has 20 heavy (non-hydrogen) atoms. The fraction of sp³-hybridized carbons (Fsp3) is 0.333. The van der Waals surface area contributed by atoms with E-state index in [0.29, 0.717) is 6.04 Å². The van der Waals surface area contributed by atoms with Crippen LogP contribution in [0.3, 0.4) is 0 Å². The van der Waals surface area contributed by atoms with Gasteiger partial charge in [-0.05, 0) is 35.1 Å². The Morgan fingerprint density at radius 2 is 1.45 bits per heavy atom. The summed E-state index contributed by atoms with van der Waals surface area (Å²) in [6, 6.07) is 17.6. The maximum Gasteiger partial charge on any atom is 0.0920 e. The summed E-state index contributed by atoms with van der Waals surface area (Å²) in [5.74, 6) is 0. The number of aliphatic hydroxyl groups excluding tert-OH is 1. The number of β-amino-alcohol motifs (C(OH)–C–C–N with tert-alkyl or cyclic N) is 1. The van der Waals surface area contributed by atoms with Crippen molar-refractivity contribution >= 4 is 0 Å². The van der Waals surface area contributed by atoms with E-state index in [2.05, 4.69) is 47.4 Å². The quantitative estimate of drug-likeness (QED) is 0.857. The van der Waals surface area contributed by atoms with Gasteiger partial charge in [0.2, 0.25) is 0 Å². The van der Waals surface area contributed by atoms with Gasteiger partial charge in [0.15, 0.2) is 0 Å². The van der Waals surface area contributed by atoms with E-state index >= 15 is 0 Å². The van der Waals surface area contributed by atoms with Gasteiger partial charge < -0.3 is 5.11 Å². The second-order valence-corrected chi connectivity index (χ2v) is 5.97. The number of rotatable bonds is 1. The predicted molar refractivity (Wildman–Crippen MR) is 79.4 cm³/mol. The molecular weight excluding hydrogens is 246 g/mol. The minimum Gasteiger partial charge on any atom is -0.387 e. The molecule has 0 fully saturated rings. The second kappa shape index (κ2) is 4.72. The lowest BCUT2D eigenvalue weighted by atomic mass is 9.96. The Balaban J connectivity index is 1.58. The monoisotopic (exact) mass is 265 g/mol. The highest BCUT2D eigenvalue weighted by Gasteiger charge is 2.31. The summed E-state index contributed by atoms with van der Waals surface area (Å²) in [5, 5.41) is 10.4. The van der Waals surface area contributed by atoms with Gasteiger partial charge in [-0.15, -0.1) is 0 Å². The van der Waals surface area contributed by atoms with Crippen molar-refractivity contribution in [3.63, 3.8) is 0 Å². The number of hydrogen-bond acceptors (Lipinski definition) is 2. The molecule has 0 spiro atoms. The smallest absolute Gasteiger partial charge is 0.0920 e. The van der Waals surface area contributed by atoms with Crippen molar-refractivity contribution < 1.29 is 5.11 Å². The lowest BCUT2D eigenvalue weighted by Crippen LogP contribution is -2.41. The molecule has 0 radical (unpaired) electrons. The van der Waals surface area contributed by atoms with Crippen LogP contribution in [0.1, 0.15) is 28.4 Å². The van der Waals surface area contributed by atoms with Crippen molar-refractivity contribution in [2.75, 3.05) is 6.54 Å². The molecule has 2 aromatic rings. The Kier molecular flexibility index (Phi) is 2.86. The molecule has 1 N–H and O–H groups in total. The summed E-state index contributed by atoms with van der Waals surface area (Å²) >= 11 is 0. The number of hydrogen-bond donors (Lipinski definition) is 1. The van der Waals surface area contributed by atoms with E-state index in [4.69, 9.17) is 0 Å². The topological polar surface area (TPSA) is 23.5 Å². The summed E-state index contributed by atoms with van der Waals surface area (Å²) < 4.78 is 0. The molecule has 1 aliphatic heterocycles. The van der Waals surface area contributed by atoms with Gasteiger partial charge in [-0.25, -0.2) is 0 Å². The third-order valence-electron chi connectivity index (χ3n) is 4.74. The molecule has 2 nitrogen and oxygen atoms in total. The molecule has 2 heteroatoms. The van der Waals surface area contributed by atoms with Gasteiger partial charge in [0.05, 0.1) is 6.10 Å². The molecule has 0 amide bonds. The number of fused-ring (bicyclic) bond motifs is 2. The van der Waals surface area contributed by atoms with Gasteiger partial charge in [0.1, 0.15) is 0 Å². The lowest BCUT2D eigenvalue weighted by Gasteiger charge is -2.36. The van der Waals surface area contributed by atoms with Crippen LogP contribution in [0.5, 0.6) is 0 Å². The van der Waals surface area contributed by atoms with E-state index in [0.717, 1.165) is 31.5 Å². The van der Waals surface area contributed by atoms with Crippen molar-refractivity contribution in [1.82, 2.24) is 4.90 Å². The van der Waals surface area contributed by atoms with Crippen LogP contribution in [0.4, 0.5) is 0 Å². The maximum absolute atomic E-state index is 10.4. The SMILES string of the molecule is OC1CN(C2Cc3ccccc3C2)Cc2ccccc21. The maximum atomic E-state index is 10.4. The van der Waals surface area contributed by atoms with Gasteiger partial charge >= 0.3 is 0 Å². The number of aliphatic hydroxyl groups is 1. The average Bonchev–Trinajstić information content (AvgIpc) is 2.91. The summed E-state index contributed by atoms with van der Waals surface area (Å²) in [5.41, 5.74) is 5.35. The Morgan fingerprint density at radius 1 is 0.850 bits per heavy atom. The summed E-state index contributed by atoms with van der Waals surface area (Å²) in [4.78, 5) is 2.45. The van der Waals surface area contributed by atoms with Crippen molar-refractivity contribution in [2.24, 2.45) is 0 Å². The molecule has 0 saturated carbocycles. The molecule has 2 aromatic carbocycles. The van der Waals surface area contributed by atoms with Crippen molar-refractivity contribution in [3.8, 4) is 0 Å². The third kappa shape index (κ3) is 1.96. The van der Waals surface area contributed by atoms with Crippen LogP contribution in [0.15, 0.2) is 48.5 Å². The molecule has 0 saturated heterocycles. The van der Waals surface area contributed by atoms with E-state index in [-0.39, 0.29) is 6.10 Å². The highest BCUT2D eigenvalue weighted by Crippen LogP contribution is 2.32. The normalized spacial score (nSPS) is 22.6. The molecule has 0 aromatic heterocycles. The standard InChI is InChI=1S/C18H19NO/c20-18-12-19(11-15-7-3-4-8-17(15)18)16-9-13-5-1-2-6-14(13)10-16/h1-8,16,18,20H,9-12H2. The highest BCUT2D eigenvalue weighted by atomic mass is 16.3. The zero-order chi connectivity index (χ0) is 13.5. The third-order valence-corrected chi connectivity index (χ3v) is 4.74. The van der Waals surface area contributed by atoms with Gasteiger partial charge in [0.25, 0.3) is 0 Å². The Morgan fingerprint density at radius 3 is 2.15 bits per heavy atom. The fourth-order valence-corrected chi connectivity index (χ4v) is 3.68. The van der Waals surface area contributed by atoms with E-state index in [9.17, 15) is 5.11 Å². The average molecular weight is 265 g/mol. The largest absolute Gasteiger partial charge is 0.387 e. The fourth-order valence-electron chi connectivity index (χ4n) is 3.68. The highest BCUT2D eigenvalue weighted by molar-refractivity contribution is 5.35. The first-order chi connectivity index (χ1) is 9.81. The van der Waals surface area contributed by atoms with E-state index in [1.807, 2.05) is 6.07 Å². The van der Waals surface area contributed by atoms with Gasteiger partial charge in [-0.3, -0.25) is 4.90 Å². The zero-order valence-electron chi connectivity index (χ0n) is 11.5. The van der Waals surface area contributed by atoms with Crippen LogP contribution in [-0.2, 0) is 19.4 Å². The second-order valence-electron chi connectivity index (χ2n) is 5.97. The first kappa shape index (κ1) is 12.1. The predicted octanol–water partition coefficient (Wildman–Crippen LogP) is 2.70. The summed E-state index contributed by atoms with van der Waals surface area (Å²) in [7, 11) is 0. The molecule has 1 heterocycles. The van der Waals surface area contributed by atoms with Crippen LogP contribution in [-0.4, -0.2) is 22.6 Å². The van der Waals surface area contributed by atoms with Crippen LogP contribution in [0.2, 0.25) is 0 Å². The van der Waals surface area contributed by atoms with E-state index in [1.165, 1.54) is 16.7 Å². The van der Waals surface area contributed by atoms with Crippen LogP contribution >= 0.6 is 0 Å². The van der Waals surface area contributed by atoms with E-state index < -0.39 is 0 Å². The summed E-state index contributed by atoms with van der Waals surface area (Å²) in [6.07, 6.45) is 1.89. The number of benzene rings is 2. The molecule has 102 valence electrons. The first-order valence-electron chi connectivity index (χ1n) is 7.38. The van der Waals surface area contributed by atoms with Gasteiger partial charge in [-0.1, -0.05) is 48.5 Å². The molecule has 1 atom stereocenters. The minimum atomic E-state index is -0.344. The number of nitrogens with zero attached hydrogens (tertiary/aromatic N) is 1. The molecule has 1 unspecified atom stereocenters. The zero-order valence-corrected chi connectivity index (χ0v) is 11.5. The van der Waals surface area contributed by atoms with Crippen molar-refractivity contribution in [2.45, 2.75) is 31.5 Å². The van der Waals surface area contributed by atoms with Crippen molar-refractivity contribution in [3.05, 3.63) is 70.8 Å². The van der Waals surface area contributed by atoms with Crippen LogP contribution in [0, 0.1) is 0 Å². The molecule has 4 rings (SSSR count).